The first kappa shape index (κ1) is 15.5. The van der Waals surface area contributed by atoms with Crippen LogP contribution >= 0.6 is 0 Å². The van der Waals surface area contributed by atoms with Gasteiger partial charge in [-0.25, -0.2) is 0 Å². The fourth-order valence-electron chi connectivity index (χ4n) is 2.43. The molecule has 114 valence electrons. The largest absolute Gasteiger partial charge is 0.393 e. The molecule has 0 radical (unpaired) electrons. The van der Waals surface area contributed by atoms with Crippen LogP contribution in [0.5, 0.6) is 0 Å². The number of rotatable bonds is 5. The van der Waals surface area contributed by atoms with Crippen LogP contribution in [0.4, 0.5) is 5.69 Å². The number of amides is 2. The van der Waals surface area contributed by atoms with Crippen molar-refractivity contribution in [1.29, 1.82) is 0 Å². The van der Waals surface area contributed by atoms with Gasteiger partial charge in [-0.1, -0.05) is 17.7 Å². The first-order chi connectivity index (χ1) is 9.99. The molecule has 0 bridgehead atoms. The number of aliphatic hydroxyl groups excluding tert-OH is 1. The van der Waals surface area contributed by atoms with E-state index in [1.165, 1.54) is 0 Å². The fourth-order valence-corrected chi connectivity index (χ4v) is 2.43. The molecule has 0 spiro atoms. The van der Waals surface area contributed by atoms with E-state index in [9.17, 15) is 9.59 Å². The molecular formula is C16H22N2O3. The summed E-state index contributed by atoms with van der Waals surface area (Å²) in [6.45, 7) is 4.63. The highest BCUT2D eigenvalue weighted by molar-refractivity contribution is 6.09. The molecule has 0 saturated carbocycles. The number of benzene rings is 1. The van der Waals surface area contributed by atoms with Crippen molar-refractivity contribution in [3.63, 3.8) is 0 Å². The van der Waals surface area contributed by atoms with Gasteiger partial charge in [0.25, 0.3) is 0 Å². The normalized spacial score (nSPS) is 19.7. The van der Waals surface area contributed by atoms with Gasteiger partial charge >= 0.3 is 0 Å². The van der Waals surface area contributed by atoms with Gasteiger partial charge in [-0.2, -0.15) is 0 Å². The van der Waals surface area contributed by atoms with Crippen molar-refractivity contribution in [1.82, 2.24) is 5.32 Å². The minimum atomic E-state index is -0.611. The monoisotopic (exact) mass is 290 g/mol. The summed E-state index contributed by atoms with van der Waals surface area (Å²) >= 11 is 0. The van der Waals surface area contributed by atoms with Crippen LogP contribution in [0.3, 0.4) is 0 Å². The van der Waals surface area contributed by atoms with Gasteiger partial charge in [0.15, 0.2) is 0 Å². The molecule has 2 atom stereocenters. The van der Waals surface area contributed by atoms with Crippen molar-refractivity contribution >= 4 is 17.5 Å². The molecule has 0 aliphatic carbocycles. The molecule has 1 fully saturated rings. The number of nitrogens with one attached hydrogen (secondary N) is 1. The summed E-state index contributed by atoms with van der Waals surface area (Å²) < 4.78 is 0. The second kappa shape index (κ2) is 6.72. The first-order valence-corrected chi connectivity index (χ1v) is 7.33. The molecular weight excluding hydrogens is 268 g/mol. The number of carbonyl (C=O) groups excluding carboxylic acids is 2. The molecule has 2 unspecified atom stereocenters. The Balaban J connectivity index is 1.94. The number of nitrogens with zero attached hydrogens (tertiary/aromatic N) is 1. The number of carbonyl (C=O) groups is 2. The van der Waals surface area contributed by atoms with E-state index in [4.69, 9.17) is 5.11 Å². The Morgan fingerprint density at radius 3 is 2.71 bits per heavy atom. The summed E-state index contributed by atoms with van der Waals surface area (Å²) in [6, 6.07) is 7.72. The standard InChI is InChI=1S/C16H22N2O3/c1-11-3-5-13(6-4-11)18-10-8-14(16(18)21)15(20)17-9-7-12(2)19/h3-6,12,14,19H,7-10H2,1-2H3,(H,17,20). The Kier molecular flexibility index (Phi) is 4.96. The lowest BCUT2D eigenvalue weighted by Crippen LogP contribution is -2.37. The SMILES string of the molecule is Cc1ccc(N2CCC(C(=O)NCCC(C)O)C2=O)cc1. The number of aryl methyl sites for hydroxylation is 1. The van der Waals surface area contributed by atoms with Crippen molar-refractivity contribution in [2.24, 2.45) is 5.92 Å². The van der Waals surface area contributed by atoms with Gasteiger partial charge in [0, 0.05) is 18.8 Å². The van der Waals surface area contributed by atoms with E-state index in [-0.39, 0.29) is 11.8 Å². The van der Waals surface area contributed by atoms with Crippen LogP contribution in [0, 0.1) is 12.8 Å². The van der Waals surface area contributed by atoms with Gasteiger partial charge in [0.1, 0.15) is 5.92 Å². The van der Waals surface area contributed by atoms with Crippen LogP contribution < -0.4 is 10.2 Å². The molecule has 21 heavy (non-hydrogen) atoms. The van der Waals surface area contributed by atoms with Gasteiger partial charge in [-0.15, -0.1) is 0 Å². The smallest absolute Gasteiger partial charge is 0.239 e. The molecule has 2 N–H and O–H groups in total. The summed E-state index contributed by atoms with van der Waals surface area (Å²) in [7, 11) is 0. The summed E-state index contributed by atoms with van der Waals surface area (Å²) in [5.41, 5.74) is 1.97. The van der Waals surface area contributed by atoms with Crippen molar-refractivity contribution in [2.75, 3.05) is 18.0 Å². The Morgan fingerprint density at radius 1 is 1.43 bits per heavy atom. The Bertz CT molecular complexity index is 511. The van der Waals surface area contributed by atoms with Crippen LogP contribution in [0.25, 0.3) is 0 Å². The maximum atomic E-state index is 12.3. The zero-order chi connectivity index (χ0) is 15.4. The number of hydrogen-bond acceptors (Lipinski definition) is 3. The van der Waals surface area contributed by atoms with Crippen LogP contribution in [0.2, 0.25) is 0 Å². The van der Waals surface area contributed by atoms with Crippen LogP contribution in [-0.2, 0) is 9.59 Å². The predicted octanol–water partition coefficient (Wildman–Crippen LogP) is 1.24. The van der Waals surface area contributed by atoms with Gasteiger partial charge < -0.3 is 15.3 Å². The van der Waals surface area contributed by atoms with E-state index in [0.29, 0.717) is 25.9 Å². The molecule has 5 heteroatoms. The van der Waals surface area contributed by atoms with E-state index < -0.39 is 12.0 Å². The van der Waals surface area contributed by atoms with Crippen molar-refractivity contribution in [3.05, 3.63) is 29.8 Å². The predicted molar refractivity (Wildman–Crippen MR) is 80.9 cm³/mol. The topological polar surface area (TPSA) is 69.6 Å². The van der Waals surface area contributed by atoms with Crippen molar-refractivity contribution in [3.8, 4) is 0 Å². The summed E-state index contributed by atoms with van der Waals surface area (Å²) in [5, 5.41) is 11.9. The first-order valence-electron chi connectivity index (χ1n) is 7.33. The molecule has 1 saturated heterocycles. The summed E-state index contributed by atoms with van der Waals surface area (Å²) in [5.74, 6) is -0.996. The summed E-state index contributed by atoms with van der Waals surface area (Å²) in [6.07, 6.45) is 0.579. The Hall–Kier alpha value is -1.88. The minimum absolute atomic E-state index is 0.145. The third-order valence-corrected chi connectivity index (χ3v) is 3.73. The number of aliphatic hydroxyl groups is 1. The molecule has 2 rings (SSSR count). The Morgan fingerprint density at radius 2 is 2.10 bits per heavy atom. The van der Waals surface area contributed by atoms with Gasteiger partial charge in [0.05, 0.1) is 6.10 Å². The molecule has 5 nitrogen and oxygen atoms in total. The second-order valence-electron chi connectivity index (χ2n) is 5.60. The minimum Gasteiger partial charge on any atom is -0.393 e. The van der Waals surface area contributed by atoms with E-state index in [0.717, 1.165) is 11.3 Å². The maximum absolute atomic E-state index is 12.3. The van der Waals surface area contributed by atoms with Crippen LogP contribution in [-0.4, -0.2) is 36.1 Å². The fraction of sp³-hybridized carbons (Fsp3) is 0.500. The van der Waals surface area contributed by atoms with E-state index >= 15 is 0 Å². The lowest BCUT2D eigenvalue weighted by molar-refractivity contribution is -0.132. The second-order valence-corrected chi connectivity index (χ2v) is 5.60. The molecule has 0 aromatic heterocycles. The molecule has 2 amide bonds. The van der Waals surface area contributed by atoms with Gasteiger partial charge in [-0.3, -0.25) is 9.59 Å². The van der Waals surface area contributed by atoms with E-state index in [1.54, 1.807) is 11.8 Å². The zero-order valence-electron chi connectivity index (χ0n) is 12.5. The van der Waals surface area contributed by atoms with Crippen LogP contribution in [0.1, 0.15) is 25.3 Å². The molecule has 1 aromatic rings. The quantitative estimate of drug-likeness (QED) is 0.802. The highest BCUT2D eigenvalue weighted by Gasteiger charge is 2.37. The zero-order valence-corrected chi connectivity index (χ0v) is 12.5. The average Bonchev–Trinajstić information content (AvgIpc) is 2.81. The van der Waals surface area contributed by atoms with Gasteiger partial charge in [0.2, 0.25) is 11.8 Å². The van der Waals surface area contributed by atoms with E-state index in [1.807, 2.05) is 31.2 Å². The van der Waals surface area contributed by atoms with Crippen molar-refractivity contribution < 1.29 is 14.7 Å². The lowest BCUT2D eigenvalue weighted by Gasteiger charge is -2.17. The maximum Gasteiger partial charge on any atom is 0.239 e. The van der Waals surface area contributed by atoms with Crippen LogP contribution in [0.15, 0.2) is 24.3 Å². The molecule has 1 aromatic carbocycles. The third-order valence-electron chi connectivity index (χ3n) is 3.73. The van der Waals surface area contributed by atoms with E-state index in [2.05, 4.69) is 5.32 Å². The average molecular weight is 290 g/mol. The van der Waals surface area contributed by atoms with Gasteiger partial charge in [-0.05, 0) is 38.8 Å². The Labute approximate surface area is 125 Å². The highest BCUT2D eigenvalue weighted by Crippen LogP contribution is 2.25. The third kappa shape index (κ3) is 3.82. The highest BCUT2D eigenvalue weighted by atomic mass is 16.3. The molecule has 1 aliphatic rings. The lowest BCUT2D eigenvalue weighted by atomic mass is 10.1. The van der Waals surface area contributed by atoms with Crippen molar-refractivity contribution in [2.45, 2.75) is 32.8 Å². The number of anilines is 1. The molecule has 1 aliphatic heterocycles. The molecule has 1 heterocycles. The summed E-state index contributed by atoms with van der Waals surface area (Å²) in [4.78, 5) is 26.0. The number of hydrogen-bond donors (Lipinski definition) is 2.